The number of imidazole rings is 1. The Hall–Kier alpha value is -3.29. The minimum atomic E-state index is 0.677. The van der Waals surface area contributed by atoms with Gasteiger partial charge >= 0.3 is 0 Å². The molecule has 0 aliphatic carbocycles. The number of aromatic nitrogens is 5. The van der Waals surface area contributed by atoms with E-state index in [1.807, 2.05) is 88.1 Å². The molecule has 31 heavy (non-hydrogen) atoms. The van der Waals surface area contributed by atoms with Crippen LogP contribution in [0.2, 0.25) is 5.02 Å². The SMILES string of the molecule is COc1ccc(-c2nnc(SCc3cn4ccccc4n3)n2-c2ccc(Cl)cc2)cc1. The molecule has 0 atom stereocenters. The predicted octanol–water partition coefficient (Wildman–Crippen LogP) is 5.54. The number of rotatable bonds is 6. The standard InChI is InChI=1S/C23H18ClN5OS/c1-30-20-11-5-16(6-12-20)22-26-27-23(29(22)19-9-7-17(24)8-10-19)31-15-18-14-28-13-3-2-4-21(28)25-18/h2-14H,15H2,1H3. The Morgan fingerprint density at radius 2 is 1.77 bits per heavy atom. The molecule has 0 unspecified atom stereocenters. The average molecular weight is 448 g/mol. The van der Waals surface area contributed by atoms with E-state index < -0.39 is 0 Å². The van der Waals surface area contributed by atoms with Crippen LogP contribution in [0.25, 0.3) is 22.7 Å². The Labute approximate surface area is 188 Å². The number of hydrogen-bond acceptors (Lipinski definition) is 5. The summed E-state index contributed by atoms with van der Waals surface area (Å²) in [6, 6.07) is 21.4. The minimum Gasteiger partial charge on any atom is -0.497 e. The van der Waals surface area contributed by atoms with Crippen LogP contribution >= 0.6 is 23.4 Å². The third kappa shape index (κ3) is 4.02. The van der Waals surface area contributed by atoms with Gasteiger partial charge in [0.2, 0.25) is 0 Å². The molecule has 5 rings (SSSR count). The van der Waals surface area contributed by atoms with E-state index in [4.69, 9.17) is 16.3 Å². The fourth-order valence-corrected chi connectivity index (χ4v) is 4.27. The van der Waals surface area contributed by atoms with Gasteiger partial charge in [0.1, 0.15) is 11.4 Å². The van der Waals surface area contributed by atoms with Crippen LogP contribution < -0.4 is 4.74 Å². The summed E-state index contributed by atoms with van der Waals surface area (Å²) in [6.07, 6.45) is 4.03. The van der Waals surface area contributed by atoms with Gasteiger partial charge in [-0.1, -0.05) is 29.4 Å². The van der Waals surface area contributed by atoms with Gasteiger partial charge < -0.3 is 9.14 Å². The largest absolute Gasteiger partial charge is 0.497 e. The molecule has 3 aromatic heterocycles. The highest BCUT2D eigenvalue weighted by molar-refractivity contribution is 7.98. The van der Waals surface area contributed by atoms with Gasteiger partial charge in [-0.05, 0) is 60.7 Å². The first-order valence-corrected chi connectivity index (χ1v) is 11.0. The van der Waals surface area contributed by atoms with Crippen molar-refractivity contribution in [1.29, 1.82) is 0 Å². The van der Waals surface area contributed by atoms with E-state index >= 15 is 0 Å². The van der Waals surface area contributed by atoms with Crippen molar-refractivity contribution in [3.63, 3.8) is 0 Å². The first-order valence-electron chi connectivity index (χ1n) is 9.62. The van der Waals surface area contributed by atoms with Crippen LogP contribution in [0, 0.1) is 0 Å². The highest BCUT2D eigenvalue weighted by Gasteiger charge is 2.17. The molecular formula is C23H18ClN5OS. The lowest BCUT2D eigenvalue weighted by molar-refractivity contribution is 0.415. The van der Waals surface area contributed by atoms with Crippen molar-refractivity contribution >= 4 is 29.0 Å². The summed E-state index contributed by atoms with van der Waals surface area (Å²) in [5, 5.41) is 10.4. The summed E-state index contributed by atoms with van der Waals surface area (Å²) >= 11 is 7.71. The van der Waals surface area contributed by atoms with Gasteiger partial charge in [-0.15, -0.1) is 10.2 Å². The number of methoxy groups -OCH3 is 1. The second-order valence-corrected chi connectivity index (χ2v) is 8.21. The molecular weight excluding hydrogens is 430 g/mol. The Balaban J connectivity index is 1.51. The molecule has 6 nitrogen and oxygen atoms in total. The van der Waals surface area contributed by atoms with E-state index in [9.17, 15) is 0 Å². The average Bonchev–Trinajstić information content (AvgIpc) is 3.42. The van der Waals surface area contributed by atoms with Gasteiger partial charge in [0.15, 0.2) is 11.0 Å². The first-order chi connectivity index (χ1) is 15.2. The maximum Gasteiger partial charge on any atom is 0.196 e. The third-order valence-corrected chi connectivity index (χ3v) is 6.04. The second kappa shape index (κ2) is 8.45. The lowest BCUT2D eigenvalue weighted by atomic mass is 10.2. The van der Waals surface area contributed by atoms with E-state index in [0.29, 0.717) is 10.8 Å². The summed E-state index contributed by atoms with van der Waals surface area (Å²) in [6.45, 7) is 0. The van der Waals surface area contributed by atoms with E-state index in [1.165, 1.54) is 0 Å². The molecule has 0 amide bonds. The summed E-state index contributed by atoms with van der Waals surface area (Å²) in [5.41, 5.74) is 3.80. The number of halogens is 1. The minimum absolute atomic E-state index is 0.677. The van der Waals surface area contributed by atoms with Crippen molar-refractivity contribution in [3.05, 3.63) is 89.8 Å². The van der Waals surface area contributed by atoms with Crippen molar-refractivity contribution in [1.82, 2.24) is 24.1 Å². The number of thioether (sulfide) groups is 1. The Bertz CT molecular complexity index is 1300. The highest BCUT2D eigenvalue weighted by Crippen LogP contribution is 2.31. The topological polar surface area (TPSA) is 57.2 Å². The number of benzene rings is 2. The molecule has 0 radical (unpaired) electrons. The van der Waals surface area contributed by atoms with E-state index in [0.717, 1.165) is 39.3 Å². The Morgan fingerprint density at radius 3 is 2.52 bits per heavy atom. The normalized spacial score (nSPS) is 11.2. The smallest absolute Gasteiger partial charge is 0.196 e. The second-order valence-electron chi connectivity index (χ2n) is 6.83. The van der Waals surface area contributed by atoms with Gasteiger partial charge in [0, 0.05) is 34.4 Å². The number of nitrogens with zero attached hydrogens (tertiary/aromatic N) is 5. The van der Waals surface area contributed by atoms with Crippen LogP contribution in [0.1, 0.15) is 5.69 Å². The summed E-state index contributed by atoms with van der Waals surface area (Å²) in [7, 11) is 1.65. The number of pyridine rings is 1. The molecule has 2 aromatic carbocycles. The number of hydrogen-bond donors (Lipinski definition) is 0. The Morgan fingerprint density at radius 1 is 0.968 bits per heavy atom. The molecule has 0 N–H and O–H groups in total. The number of fused-ring (bicyclic) bond motifs is 1. The molecule has 154 valence electrons. The van der Waals surface area contributed by atoms with Crippen molar-refractivity contribution < 1.29 is 4.74 Å². The summed E-state index contributed by atoms with van der Waals surface area (Å²) in [4.78, 5) is 4.68. The molecule has 8 heteroatoms. The van der Waals surface area contributed by atoms with Crippen molar-refractivity contribution in [3.8, 4) is 22.8 Å². The van der Waals surface area contributed by atoms with Crippen molar-refractivity contribution in [2.45, 2.75) is 10.9 Å². The van der Waals surface area contributed by atoms with E-state index in [-0.39, 0.29) is 0 Å². The van der Waals surface area contributed by atoms with Crippen LogP contribution in [0.15, 0.2) is 84.3 Å². The van der Waals surface area contributed by atoms with Gasteiger partial charge in [-0.25, -0.2) is 4.98 Å². The molecule has 0 spiro atoms. The monoisotopic (exact) mass is 447 g/mol. The quantitative estimate of drug-likeness (QED) is 0.320. The summed E-state index contributed by atoms with van der Waals surface area (Å²) in [5.74, 6) is 2.22. The van der Waals surface area contributed by atoms with Crippen molar-refractivity contribution in [2.24, 2.45) is 0 Å². The van der Waals surface area contributed by atoms with Gasteiger partial charge in [0.25, 0.3) is 0 Å². The van der Waals surface area contributed by atoms with E-state index in [1.54, 1.807) is 18.9 Å². The zero-order valence-electron chi connectivity index (χ0n) is 16.6. The molecule has 0 saturated heterocycles. The van der Waals surface area contributed by atoms with Gasteiger partial charge in [-0.2, -0.15) is 0 Å². The molecule has 0 aliphatic rings. The van der Waals surface area contributed by atoms with Crippen LogP contribution in [0.4, 0.5) is 0 Å². The van der Waals surface area contributed by atoms with Crippen molar-refractivity contribution in [2.75, 3.05) is 7.11 Å². The Kier molecular flexibility index (Phi) is 5.36. The van der Waals surface area contributed by atoms with Crippen LogP contribution in [0.5, 0.6) is 5.75 Å². The van der Waals surface area contributed by atoms with Gasteiger partial charge in [0.05, 0.1) is 12.8 Å². The molecule has 3 heterocycles. The molecule has 0 bridgehead atoms. The maximum atomic E-state index is 6.11. The van der Waals surface area contributed by atoms with Crippen LogP contribution in [-0.4, -0.2) is 31.3 Å². The highest BCUT2D eigenvalue weighted by atomic mass is 35.5. The lowest BCUT2D eigenvalue weighted by Gasteiger charge is -2.10. The first kappa shape index (κ1) is 19.7. The van der Waals surface area contributed by atoms with E-state index in [2.05, 4.69) is 15.2 Å². The fraction of sp³-hybridized carbons (Fsp3) is 0.0870. The van der Waals surface area contributed by atoms with Crippen LogP contribution in [0.3, 0.4) is 0 Å². The zero-order chi connectivity index (χ0) is 21.2. The van der Waals surface area contributed by atoms with Crippen LogP contribution in [-0.2, 0) is 5.75 Å². The number of ether oxygens (including phenoxy) is 1. The fourth-order valence-electron chi connectivity index (χ4n) is 3.31. The third-order valence-electron chi connectivity index (χ3n) is 4.83. The lowest BCUT2D eigenvalue weighted by Crippen LogP contribution is -2.00. The summed E-state index contributed by atoms with van der Waals surface area (Å²) < 4.78 is 9.34. The molecule has 0 fully saturated rings. The maximum absolute atomic E-state index is 6.11. The van der Waals surface area contributed by atoms with Gasteiger partial charge in [-0.3, -0.25) is 4.57 Å². The molecule has 5 aromatic rings. The molecule has 0 saturated carbocycles. The molecule has 0 aliphatic heterocycles. The predicted molar refractivity (Wildman–Crippen MR) is 123 cm³/mol. The zero-order valence-corrected chi connectivity index (χ0v) is 18.2.